The molecule has 0 aliphatic carbocycles. The molecule has 4 nitrogen and oxygen atoms in total. The molecule has 5 heteroatoms. The van der Waals surface area contributed by atoms with Gasteiger partial charge < -0.3 is 9.80 Å². The van der Waals surface area contributed by atoms with Crippen molar-refractivity contribution in [3.05, 3.63) is 65.5 Å². The fraction of sp³-hybridized carbons (Fsp3) is 0.417. The number of nitrogens with zero attached hydrogens (tertiary/aromatic N) is 2. The lowest BCUT2D eigenvalue weighted by Crippen LogP contribution is -2.46. The minimum absolute atomic E-state index is 0.0727. The SMILES string of the molecule is O=C1CCCN1c1cccc(C(=O)N2C3CCC2CC(c2ccc(F)cc2)C3)c1. The number of piperidine rings is 1. The van der Waals surface area contributed by atoms with E-state index in [-0.39, 0.29) is 29.7 Å². The maximum atomic E-state index is 13.4. The lowest BCUT2D eigenvalue weighted by Gasteiger charge is -2.39. The predicted octanol–water partition coefficient (Wildman–Crippen LogP) is 4.50. The van der Waals surface area contributed by atoms with Crippen molar-refractivity contribution in [3.63, 3.8) is 0 Å². The summed E-state index contributed by atoms with van der Waals surface area (Å²) in [6, 6.07) is 14.8. The number of halogens is 1. The molecule has 29 heavy (non-hydrogen) atoms. The van der Waals surface area contributed by atoms with Gasteiger partial charge in [0.15, 0.2) is 0 Å². The van der Waals surface area contributed by atoms with E-state index in [2.05, 4.69) is 4.90 Å². The average Bonchev–Trinajstić information content (AvgIpc) is 3.28. The van der Waals surface area contributed by atoms with Crippen molar-refractivity contribution in [1.82, 2.24) is 4.90 Å². The largest absolute Gasteiger partial charge is 0.333 e. The molecule has 2 bridgehead atoms. The van der Waals surface area contributed by atoms with Gasteiger partial charge in [0, 0.05) is 36.3 Å². The monoisotopic (exact) mass is 392 g/mol. The highest BCUT2D eigenvalue weighted by Gasteiger charge is 2.43. The maximum absolute atomic E-state index is 13.4. The molecule has 3 heterocycles. The smallest absolute Gasteiger partial charge is 0.254 e. The number of benzene rings is 2. The van der Waals surface area contributed by atoms with Crippen LogP contribution in [0, 0.1) is 5.82 Å². The molecule has 3 aliphatic heterocycles. The fourth-order valence-corrected chi connectivity index (χ4v) is 5.39. The lowest BCUT2D eigenvalue weighted by molar-refractivity contribution is -0.117. The molecule has 3 saturated heterocycles. The summed E-state index contributed by atoms with van der Waals surface area (Å²) in [6.45, 7) is 0.727. The number of rotatable bonds is 3. The average molecular weight is 392 g/mol. The first-order valence-corrected chi connectivity index (χ1v) is 10.6. The van der Waals surface area contributed by atoms with Crippen LogP contribution in [-0.4, -0.2) is 35.3 Å². The summed E-state index contributed by atoms with van der Waals surface area (Å²) in [4.78, 5) is 29.3. The zero-order valence-electron chi connectivity index (χ0n) is 16.4. The van der Waals surface area contributed by atoms with Gasteiger partial charge in [-0.15, -0.1) is 0 Å². The Morgan fingerprint density at radius 3 is 2.38 bits per heavy atom. The van der Waals surface area contributed by atoms with Crippen LogP contribution in [0.1, 0.15) is 60.4 Å². The van der Waals surface area contributed by atoms with Gasteiger partial charge in [-0.1, -0.05) is 18.2 Å². The van der Waals surface area contributed by atoms with Crippen molar-refractivity contribution < 1.29 is 14.0 Å². The Balaban J connectivity index is 1.35. The van der Waals surface area contributed by atoms with E-state index in [1.807, 2.05) is 36.4 Å². The van der Waals surface area contributed by atoms with Crippen molar-refractivity contribution in [1.29, 1.82) is 0 Å². The van der Waals surface area contributed by atoms with Crippen molar-refractivity contribution in [2.24, 2.45) is 0 Å². The number of hydrogen-bond acceptors (Lipinski definition) is 2. The van der Waals surface area contributed by atoms with Gasteiger partial charge in [0.2, 0.25) is 5.91 Å². The quantitative estimate of drug-likeness (QED) is 0.771. The Kier molecular flexibility index (Phi) is 4.61. The van der Waals surface area contributed by atoms with Crippen LogP contribution >= 0.6 is 0 Å². The van der Waals surface area contributed by atoms with Gasteiger partial charge >= 0.3 is 0 Å². The molecule has 5 rings (SSSR count). The second-order valence-corrected chi connectivity index (χ2v) is 8.52. The van der Waals surface area contributed by atoms with Gasteiger partial charge in [-0.25, -0.2) is 4.39 Å². The van der Waals surface area contributed by atoms with E-state index >= 15 is 0 Å². The molecule has 3 fully saturated rings. The van der Waals surface area contributed by atoms with E-state index in [9.17, 15) is 14.0 Å². The van der Waals surface area contributed by atoms with Crippen LogP contribution in [0.25, 0.3) is 0 Å². The molecule has 3 aliphatic rings. The molecule has 2 amide bonds. The zero-order chi connectivity index (χ0) is 20.0. The number of carbonyl (C=O) groups is 2. The Morgan fingerprint density at radius 1 is 1.00 bits per heavy atom. The van der Waals surface area contributed by atoms with Crippen LogP contribution in [-0.2, 0) is 4.79 Å². The molecular formula is C24H25FN2O2. The highest BCUT2D eigenvalue weighted by molar-refractivity contribution is 5.99. The van der Waals surface area contributed by atoms with Crippen LogP contribution < -0.4 is 4.90 Å². The van der Waals surface area contributed by atoms with E-state index in [1.165, 1.54) is 17.7 Å². The number of carbonyl (C=O) groups excluding carboxylic acids is 2. The van der Waals surface area contributed by atoms with E-state index < -0.39 is 0 Å². The van der Waals surface area contributed by atoms with Crippen LogP contribution in [0.2, 0.25) is 0 Å². The standard InChI is InChI=1S/C24H25FN2O2/c25-19-8-6-16(7-9-19)18-14-21-10-11-22(15-18)27(21)24(29)17-3-1-4-20(13-17)26-12-2-5-23(26)28/h1,3-4,6-9,13,18,21-22H,2,5,10-12,14-15H2. The van der Waals surface area contributed by atoms with E-state index in [1.54, 1.807) is 4.90 Å². The third-order valence-electron chi connectivity index (χ3n) is 6.79. The highest BCUT2D eigenvalue weighted by atomic mass is 19.1. The van der Waals surface area contributed by atoms with Crippen molar-refractivity contribution in [3.8, 4) is 0 Å². The Morgan fingerprint density at radius 2 is 1.72 bits per heavy atom. The summed E-state index contributed by atoms with van der Waals surface area (Å²) in [6.07, 6.45) is 5.37. The molecule has 0 aromatic heterocycles. The Hall–Kier alpha value is -2.69. The minimum Gasteiger partial charge on any atom is -0.333 e. The van der Waals surface area contributed by atoms with Crippen molar-refractivity contribution in [2.45, 2.75) is 56.5 Å². The summed E-state index contributed by atoms with van der Waals surface area (Å²) in [5.41, 5.74) is 2.66. The molecular weight excluding hydrogens is 367 g/mol. The fourth-order valence-electron chi connectivity index (χ4n) is 5.39. The van der Waals surface area contributed by atoms with Crippen molar-refractivity contribution in [2.75, 3.05) is 11.4 Å². The maximum Gasteiger partial charge on any atom is 0.254 e. The van der Waals surface area contributed by atoms with Crippen LogP contribution in [0.15, 0.2) is 48.5 Å². The summed E-state index contributed by atoms with van der Waals surface area (Å²) in [5.74, 6) is 0.379. The molecule has 0 saturated carbocycles. The molecule has 0 N–H and O–H groups in total. The number of amides is 2. The van der Waals surface area contributed by atoms with Gasteiger partial charge in [0.1, 0.15) is 5.82 Å². The molecule has 2 aromatic carbocycles. The number of hydrogen-bond donors (Lipinski definition) is 0. The van der Waals surface area contributed by atoms with Gasteiger partial charge in [-0.3, -0.25) is 9.59 Å². The zero-order valence-corrected chi connectivity index (χ0v) is 16.4. The number of anilines is 1. The second kappa shape index (κ2) is 7.29. The first-order chi connectivity index (χ1) is 14.1. The topological polar surface area (TPSA) is 40.6 Å². The number of fused-ring (bicyclic) bond motifs is 2. The molecule has 0 radical (unpaired) electrons. The molecule has 2 aromatic rings. The molecule has 2 atom stereocenters. The van der Waals surface area contributed by atoms with Gasteiger partial charge in [-0.2, -0.15) is 0 Å². The Bertz CT molecular complexity index is 928. The third kappa shape index (κ3) is 3.33. The summed E-state index contributed by atoms with van der Waals surface area (Å²) in [5, 5.41) is 0. The first-order valence-electron chi connectivity index (χ1n) is 10.6. The van der Waals surface area contributed by atoms with Gasteiger partial charge in [0.25, 0.3) is 5.91 Å². The summed E-state index contributed by atoms with van der Waals surface area (Å²) < 4.78 is 13.3. The van der Waals surface area contributed by atoms with Gasteiger partial charge in [0.05, 0.1) is 0 Å². The van der Waals surface area contributed by atoms with Crippen LogP contribution in [0.3, 0.4) is 0 Å². The first kappa shape index (κ1) is 18.3. The third-order valence-corrected chi connectivity index (χ3v) is 6.79. The van der Waals surface area contributed by atoms with Gasteiger partial charge in [-0.05, 0) is 73.9 Å². The summed E-state index contributed by atoms with van der Waals surface area (Å²) in [7, 11) is 0. The normalized spacial score (nSPS) is 26.2. The van der Waals surface area contributed by atoms with Crippen LogP contribution in [0.5, 0.6) is 0 Å². The molecule has 150 valence electrons. The van der Waals surface area contributed by atoms with E-state index in [0.29, 0.717) is 17.9 Å². The van der Waals surface area contributed by atoms with E-state index in [4.69, 9.17) is 0 Å². The summed E-state index contributed by atoms with van der Waals surface area (Å²) >= 11 is 0. The lowest BCUT2D eigenvalue weighted by atomic mass is 9.85. The molecule has 0 spiro atoms. The second-order valence-electron chi connectivity index (χ2n) is 8.52. The minimum atomic E-state index is -0.208. The Labute approximate surface area is 170 Å². The molecule has 2 unspecified atom stereocenters. The van der Waals surface area contributed by atoms with E-state index in [0.717, 1.165) is 44.3 Å². The predicted molar refractivity (Wildman–Crippen MR) is 109 cm³/mol. The highest BCUT2D eigenvalue weighted by Crippen LogP contribution is 2.43. The van der Waals surface area contributed by atoms with Crippen molar-refractivity contribution >= 4 is 17.5 Å². The van der Waals surface area contributed by atoms with Crippen LogP contribution in [0.4, 0.5) is 10.1 Å².